The normalized spacial score (nSPS) is 15.5. The van der Waals surface area contributed by atoms with Crippen molar-refractivity contribution in [2.75, 3.05) is 16.3 Å². The summed E-state index contributed by atoms with van der Waals surface area (Å²) in [5.41, 5.74) is 16.6. The fraction of sp³-hybridized carbons (Fsp3) is 0.220. The van der Waals surface area contributed by atoms with Crippen molar-refractivity contribution in [3.05, 3.63) is 192 Å². The maximum Gasteiger partial charge on any atom is 0.0540 e. The van der Waals surface area contributed by atoms with Gasteiger partial charge >= 0.3 is 0 Å². The third-order valence-corrected chi connectivity index (χ3v) is 14.2. The molecular weight excluding hydrogens is 737 g/mol. The van der Waals surface area contributed by atoms with Gasteiger partial charge in [-0.25, -0.2) is 0 Å². The lowest BCUT2D eigenvalue weighted by atomic mass is 9.58. The zero-order chi connectivity index (χ0) is 41.8. The summed E-state index contributed by atoms with van der Waals surface area (Å²) in [6.45, 7) is 18.0. The maximum absolute atomic E-state index is 2.69. The third kappa shape index (κ3) is 5.75. The molecule has 1 aliphatic heterocycles. The molecule has 2 aliphatic rings. The van der Waals surface area contributed by atoms with E-state index in [9.17, 15) is 0 Å². The average molecular weight is 791 g/mol. The lowest BCUT2D eigenvalue weighted by Gasteiger charge is -2.47. The van der Waals surface area contributed by atoms with Gasteiger partial charge in [0.2, 0.25) is 0 Å². The van der Waals surface area contributed by atoms with E-state index >= 15 is 0 Å². The van der Waals surface area contributed by atoms with Crippen LogP contribution >= 0.6 is 0 Å². The van der Waals surface area contributed by atoms with Crippen LogP contribution in [-0.4, -0.2) is 12.1 Å². The Hall–Kier alpha value is -6.38. The molecule has 1 heterocycles. The highest BCUT2D eigenvalue weighted by Crippen LogP contribution is 2.56. The van der Waals surface area contributed by atoms with Crippen molar-refractivity contribution in [3.8, 4) is 22.3 Å². The molecule has 2 nitrogen and oxygen atoms in total. The summed E-state index contributed by atoms with van der Waals surface area (Å²) in [6.07, 6.45) is 2.26. The van der Waals surface area contributed by atoms with E-state index in [1.165, 1.54) is 106 Å². The van der Waals surface area contributed by atoms with Gasteiger partial charge in [-0.05, 0) is 135 Å². The van der Waals surface area contributed by atoms with Crippen LogP contribution in [0.2, 0.25) is 0 Å². The molecule has 300 valence electrons. The summed E-state index contributed by atoms with van der Waals surface area (Å²) in [6, 6.07) is 62.1. The third-order valence-electron chi connectivity index (χ3n) is 14.2. The van der Waals surface area contributed by atoms with Gasteiger partial charge in [0.15, 0.2) is 0 Å². The summed E-state index contributed by atoms with van der Waals surface area (Å²) >= 11 is 0. The highest BCUT2D eigenvalue weighted by Gasteiger charge is 2.44. The zero-order valence-electron chi connectivity index (χ0n) is 36.6. The van der Waals surface area contributed by atoms with Gasteiger partial charge in [-0.1, -0.05) is 161 Å². The van der Waals surface area contributed by atoms with Crippen molar-refractivity contribution in [3.63, 3.8) is 0 Å². The van der Waals surface area contributed by atoms with Gasteiger partial charge < -0.3 is 9.80 Å². The Labute approximate surface area is 361 Å². The number of benzene rings is 9. The van der Waals surface area contributed by atoms with Crippen LogP contribution in [0.3, 0.4) is 0 Å². The molecule has 0 saturated heterocycles. The largest absolute Gasteiger partial charge is 0.366 e. The summed E-state index contributed by atoms with van der Waals surface area (Å²) in [4.78, 5) is 5.25. The Morgan fingerprint density at radius 1 is 0.508 bits per heavy atom. The maximum atomic E-state index is 2.69. The molecular formula is C59H54N2. The number of nitrogens with zero attached hydrogens (tertiary/aromatic N) is 2. The molecule has 0 amide bonds. The second-order valence-corrected chi connectivity index (χ2v) is 19.6. The number of fused-ring (bicyclic) bond motifs is 3. The molecule has 2 heteroatoms. The Morgan fingerprint density at radius 2 is 1.13 bits per heavy atom. The highest BCUT2D eigenvalue weighted by atomic mass is 15.2. The van der Waals surface area contributed by atoms with E-state index in [-0.39, 0.29) is 16.4 Å². The molecule has 0 radical (unpaired) electrons. The average Bonchev–Trinajstić information content (AvgIpc) is 3.28. The van der Waals surface area contributed by atoms with Crippen molar-refractivity contribution in [2.24, 2.45) is 0 Å². The molecule has 1 aliphatic carbocycles. The predicted octanol–water partition coefficient (Wildman–Crippen LogP) is 15.9. The van der Waals surface area contributed by atoms with E-state index in [4.69, 9.17) is 0 Å². The van der Waals surface area contributed by atoms with Crippen LogP contribution in [0.25, 0.3) is 54.6 Å². The van der Waals surface area contributed by atoms with E-state index in [1.807, 2.05) is 0 Å². The molecule has 11 rings (SSSR count). The quantitative estimate of drug-likeness (QED) is 0.160. The second kappa shape index (κ2) is 13.6. The Kier molecular flexibility index (Phi) is 8.36. The van der Waals surface area contributed by atoms with E-state index in [0.717, 1.165) is 18.7 Å². The number of hydrogen-bond donors (Lipinski definition) is 0. The highest BCUT2D eigenvalue weighted by molar-refractivity contribution is 6.25. The lowest BCUT2D eigenvalue weighted by Crippen LogP contribution is -2.45. The number of rotatable bonds is 5. The fourth-order valence-electron chi connectivity index (χ4n) is 11.3. The van der Waals surface area contributed by atoms with Gasteiger partial charge in [-0.3, -0.25) is 0 Å². The molecule has 0 atom stereocenters. The molecule has 9 aromatic carbocycles. The monoisotopic (exact) mass is 790 g/mol. The Bertz CT molecular complexity index is 3130. The number of anilines is 4. The lowest BCUT2D eigenvalue weighted by molar-refractivity contribution is 0.484. The van der Waals surface area contributed by atoms with E-state index in [1.54, 1.807) is 0 Å². The molecule has 0 N–H and O–H groups in total. The van der Waals surface area contributed by atoms with Gasteiger partial charge in [-0.2, -0.15) is 0 Å². The van der Waals surface area contributed by atoms with E-state index in [2.05, 4.69) is 222 Å². The van der Waals surface area contributed by atoms with Gasteiger partial charge in [0.1, 0.15) is 0 Å². The van der Waals surface area contributed by atoms with E-state index in [0.29, 0.717) is 0 Å². The predicted molar refractivity (Wildman–Crippen MR) is 262 cm³/mol. The minimum Gasteiger partial charge on any atom is -0.366 e. The minimum absolute atomic E-state index is 0.0292. The van der Waals surface area contributed by atoms with Crippen molar-refractivity contribution in [2.45, 2.75) is 77.7 Å². The van der Waals surface area contributed by atoms with Crippen molar-refractivity contribution < 1.29 is 0 Å². The Morgan fingerprint density at radius 3 is 1.85 bits per heavy atom. The summed E-state index contributed by atoms with van der Waals surface area (Å²) in [5, 5.41) is 7.75. The number of aryl methyl sites for hydroxylation is 1. The van der Waals surface area contributed by atoms with Gasteiger partial charge in [0.05, 0.1) is 5.69 Å². The Balaban J connectivity index is 1.25. The summed E-state index contributed by atoms with van der Waals surface area (Å²) in [7, 11) is 0. The minimum atomic E-state index is -0.254. The second-order valence-electron chi connectivity index (χ2n) is 19.6. The van der Waals surface area contributed by atoms with Crippen LogP contribution in [0, 0.1) is 0 Å². The number of hydrogen-bond acceptors (Lipinski definition) is 2. The topological polar surface area (TPSA) is 6.48 Å². The van der Waals surface area contributed by atoms with Crippen molar-refractivity contribution in [1.29, 1.82) is 0 Å². The summed E-state index contributed by atoms with van der Waals surface area (Å²) in [5.74, 6) is 0. The molecule has 61 heavy (non-hydrogen) atoms. The smallest absolute Gasteiger partial charge is 0.0540 e. The van der Waals surface area contributed by atoms with Gasteiger partial charge in [0, 0.05) is 50.9 Å². The molecule has 0 spiro atoms. The number of para-hydroxylation sites is 1. The van der Waals surface area contributed by atoms with Gasteiger partial charge in [0.25, 0.3) is 0 Å². The zero-order valence-corrected chi connectivity index (χ0v) is 36.6. The SMILES string of the molecule is CC1(C)c2ccccc2C(C)(C)c2c(-c3cccc4c3N(C(C)(C)C)CCC4)cc(N(c3ccc(-c4ccccc4)cc3)c3ccc4ccc5cccc6ccc3c4c56)cc21. The molecule has 0 bridgehead atoms. The molecule has 0 saturated carbocycles. The van der Waals surface area contributed by atoms with E-state index < -0.39 is 0 Å². The van der Waals surface area contributed by atoms with Crippen LogP contribution in [0.4, 0.5) is 22.7 Å². The first-order valence-electron chi connectivity index (χ1n) is 22.2. The fourth-order valence-corrected chi connectivity index (χ4v) is 11.3. The van der Waals surface area contributed by atoms with Crippen molar-refractivity contribution in [1.82, 2.24) is 0 Å². The first kappa shape index (κ1) is 37.6. The van der Waals surface area contributed by atoms with Crippen LogP contribution in [0.1, 0.15) is 82.7 Å². The van der Waals surface area contributed by atoms with Crippen LogP contribution in [-0.2, 0) is 17.3 Å². The van der Waals surface area contributed by atoms with Crippen LogP contribution in [0.5, 0.6) is 0 Å². The van der Waals surface area contributed by atoms with Crippen molar-refractivity contribution >= 4 is 55.1 Å². The molecule has 0 aromatic heterocycles. The molecule has 0 unspecified atom stereocenters. The first-order chi connectivity index (χ1) is 29.4. The standard InChI is InChI=1S/C59H54N2/c1-57(2,3)60-35-15-21-43-20-14-22-46(56(43)60)48-36-45(37-51-55(48)59(6,7)50-24-12-11-23-49(50)58(51,4)5)61(44-31-27-39(28-32-44)38-16-9-8-10-17-38)52-34-30-42-26-25-40-18-13-19-41-29-33-47(52)54(42)53(40)41/h8-14,16-20,22-34,36-37H,15,21,35H2,1-7H3. The van der Waals surface area contributed by atoms with Crippen LogP contribution < -0.4 is 9.80 Å². The first-order valence-corrected chi connectivity index (χ1v) is 22.2. The summed E-state index contributed by atoms with van der Waals surface area (Å²) < 4.78 is 0. The van der Waals surface area contributed by atoms with Gasteiger partial charge in [-0.15, -0.1) is 0 Å². The molecule has 0 fully saturated rings. The molecule has 9 aromatic rings. The van der Waals surface area contributed by atoms with Crippen LogP contribution in [0.15, 0.2) is 164 Å².